The standard InChI is InChI=1S/C22H25FN2O3/c1-4-24(2)21(26)19-14-25(22(27)17-10-5-6-11-20(17)23)13-18(19)15-8-7-9-16(12-15)28-3/h5-12,18-19H,4,13-14H2,1-3H3. The molecule has 0 radical (unpaired) electrons. The van der Waals surface area contributed by atoms with E-state index in [4.69, 9.17) is 4.74 Å². The van der Waals surface area contributed by atoms with E-state index in [0.29, 0.717) is 18.8 Å². The van der Waals surface area contributed by atoms with E-state index in [0.717, 1.165) is 5.56 Å². The molecule has 2 aromatic carbocycles. The van der Waals surface area contributed by atoms with Gasteiger partial charge in [-0.1, -0.05) is 24.3 Å². The van der Waals surface area contributed by atoms with E-state index in [-0.39, 0.29) is 35.8 Å². The van der Waals surface area contributed by atoms with Gasteiger partial charge in [0.15, 0.2) is 0 Å². The zero-order chi connectivity index (χ0) is 20.3. The number of carbonyl (C=O) groups excluding carboxylic acids is 2. The minimum absolute atomic E-state index is 0.0147. The Morgan fingerprint density at radius 1 is 1.18 bits per heavy atom. The first-order chi connectivity index (χ1) is 13.5. The monoisotopic (exact) mass is 384 g/mol. The van der Waals surface area contributed by atoms with Crippen LogP contribution in [-0.4, -0.2) is 55.4 Å². The van der Waals surface area contributed by atoms with E-state index in [1.807, 2.05) is 31.2 Å². The first kappa shape index (κ1) is 19.9. The summed E-state index contributed by atoms with van der Waals surface area (Å²) in [5.41, 5.74) is 0.967. The Morgan fingerprint density at radius 2 is 1.93 bits per heavy atom. The van der Waals surface area contributed by atoms with Gasteiger partial charge in [0.2, 0.25) is 5.91 Å². The first-order valence-electron chi connectivity index (χ1n) is 9.39. The van der Waals surface area contributed by atoms with Gasteiger partial charge in [0.25, 0.3) is 5.91 Å². The van der Waals surface area contributed by atoms with Gasteiger partial charge < -0.3 is 14.5 Å². The van der Waals surface area contributed by atoms with Gasteiger partial charge in [-0.3, -0.25) is 9.59 Å². The van der Waals surface area contributed by atoms with E-state index >= 15 is 0 Å². The summed E-state index contributed by atoms with van der Waals surface area (Å²) in [5.74, 6) is -0.808. The summed E-state index contributed by atoms with van der Waals surface area (Å²) in [5, 5.41) is 0. The lowest BCUT2D eigenvalue weighted by molar-refractivity contribution is -0.133. The van der Waals surface area contributed by atoms with Gasteiger partial charge in [0, 0.05) is 32.6 Å². The molecule has 0 N–H and O–H groups in total. The molecule has 0 spiro atoms. The average molecular weight is 384 g/mol. The van der Waals surface area contributed by atoms with Crippen LogP contribution in [0.25, 0.3) is 0 Å². The number of halogens is 1. The number of amides is 2. The quantitative estimate of drug-likeness (QED) is 0.796. The summed E-state index contributed by atoms with van der Waals surface area (Å²) < 4.78 is 19.4. The molecule has 1 heterocycles. The van der Waals surface area contributed by atoms with Crippen molar-refractivity contribution in [3.8, 4) is 5.75 Å². The third kappa shape index (κ3) is 3.86. The van der Waals surface area contributed by atoms with Crippen LogP contribution in [0.1, 0.15) is 28.8 Å². The molecule has 2 atom stereocenters. The summed E-state index contributed by atoms with van der Waals surface area (Å²) in [6.45, 7) is 3.11. The van der Waals surface area contributed by atoms with Crippen molar-refractivity contribution in [1.82, 2.24) is 9.80 Å². The largest absolute Gasteiger partial charge is 0.497 e. The Kier molecular flexibility index (Phi) is 5.97. The highest BCUT2D eigenvalue weighted by atomic mass is 19.1. The molecule has 1 fully saturated rings. The second-order valence-corrected chi connectivity index (χ2v) is 7.03. The van der Waals surface area contributed by atoms with Crippen LogP contribution in [0.5, 0.6) is 5.75 Å². The molecule has 1 aliphatic heterocycles. The molecule has 3 rings (SSSR count). The number of carbonyl (C=O) groups is 2. The zero-order valence-electron chi connectivity index (χ0n) is 16.4. The molecule has 6 heteroatoms. The molecule has 28 heavy (non-hydrogen) atoms. The van der Waals surface area contributed by atoms with Crippen LogP contribution >= 0.6 is 0 Å². The highest BCUT2D eigenvalue weighted by Gasteiger charge is 2.42. The van der Waals surface area contributed by atoms with Gasteiger partial charge in [-0.15, -0.1) is 0 Å². The lowest BCUT2D eigenvalue weighted by Gasteiger charge is -2.23. The summed E-state index contributed by atoms with van der Waals surface area (Å²) in [6, 6.07) is 13.5. The molecule has 0 saturated carbocycles. The van der Waals surface area contributed by atoms with Gasteiger partial charge in [-0.2, -0.15) is 0 Å². The van der Waals surface area contributed by atoms with Gasteiger partial charge in [0.1, 0.15) is 11.6 Å². The number of hydrogen-bond donors (Lipinski definition) is 0. The number of nitrogens with zero attached hydrogens (tertiary/aromatic N) is 2. The summed E-state index contributed by atoms with van der Waals surface area (Å²) in [4.78, 5) is 29.1. The highest BCUT2D eigenvalue weighted by Crippen LogP contribution is 2.36. The molecule has 1 aliphatic rings. The van der Waals surface area contributed by atoms with Crippen LogP contribution in [0, 0.1) is 11.7 Å². The molecule has 2 amide bonds. The summed E-state index contributed by atoms with van der Waals surface area (Å²) >= 11 is 0. The maximum atomic E-state index is 14.1. The molecule has 1 saturated heterocycles. The molecular weight excluding hydrogens is 359 g/mol. The highest BCUT2D eigenvalue weighted by molar-refractivity contribution is 5.95. The number of hydrogen-bond acceptors (Lipinski definition) is 3. The maximum Gasteiger partial charge on any atom is 0.256 e. The fraction of sp³-hybridized carbons (Fsp3) is 0.364. The Balaban J connectivity index is 1.93. The van der Waals surface area contributed by atoms with Crippen LogP contribution in [0.2, 0.25) is 0 Å². The smallest absolute Gasteiger partial charge is 0.256 e. The lowest BCUT2D eigenvalue weighted by atomic mass is 9.88. The van der Waals surface area contributed by atoms with Gasteiger partial charge in [-0.25, -0.2) is 4.39 Å². The predicted octanol–water partition coefficient (Wildman–Crippen LogP) is 3.17. The molecule has 2 unspecified atom stereocenters. The van der Waals surface area contributed by atoms with Crippen molar-refractivity contribution in [3.05, 3.63) is 65.5 Å². The van der Waals surface area contributed by atoms with E-state index in [2.05, 4.69) is 0 Å². The zero-order valence-corrected chi connectivity index (χ0v) is 16.4. The number of ether oxygens (including phenoxy) is 1. The Labute approximate surface area is 164 Å². The van der Waals surface area contributed by atoms with Crippen LogP contribution in [-0.2, 0) is 4.79 Å². The lowest BCUT2D eigenvalue weighted by Crippen LogP contribution is -2.37. The van der Waals surface area contributed by atoms with Crippen LogP contribution in [0.4, 0.5) is 4.39 Å². The molecular formula is C22H25FN2O3. The van der Waals surface area contributed by atoms with E-state index in [9.17, 15) is 14.0 Å². The number of rotatable bonds is 5. The second-order valence-electron chi connectivity index (χ2n) is 7.03. The fourth-order valence-corrected chi connectivity index (χ4v) is 3.67. The van der Waals surface area contributed by atoms with Crippen molar-refractivity contribution in [1.29, 1.82) is 0 Å². The minimum Gasteiger partial charge on any atom is -0.497 e. The summed E-state index contributed by atoms with van der Waals surface area (Å²) in [6.07, 6.45) is 0. The van der Waals surface area contributed by atoms with Crippen LogP contribution in [0.15, 0.2) is 48.5 Å². The third-order valence-corrected chi connectivity index (χ3v) is 5.40. The Hall–Kier alpha value is -2.89. The topological polar surface area (TPSA) is 49.9 Å². The second kappa shape index (κ2) is 8.42. The van der Waals surface area contributed by atoms with Crippen molar-refractivity contribution in [2.45, 2.75) is 12.8 Å². The predicted molar refractivity (Wildman–Crippen MR) is 105 cm³/mol. The van der Waals surface area contributed by atoms with Crippen molar-refractivity contribution in [2.75, 3.05) is 33.8 Å². The van der Waals surface area contributed by atoms with E-state index < -0.39 is 5.82 Å². The fourth-order valence-electron chi connectivity index (χ4n) is 3.67. The first-order valence-corrected chi connectivity index (χ1v) is 9.39. The van der Waals surface area contributed by atoms with Crippen LogP contribution < -0.4 is 4.74 Å². The van der Waals surface area contributed by atoms with Crippen molar-refractivity contribution in [3.63, 3.8) is 0 Å². The van der Waals surface area contributed by atoms with Crippen molar-refractivity contribution < 1.29 is 18.7 Å². The SMILES string of the molecule is CCN(C)C(=O)C1CN(C(=O)c2ccccc2F)CC1c1cccc(OC)c1. The molecule has 2 aromatic rings. The number of likely N-dealkylation sites (tertiary alicyclic amines) is 1. The number of benzene rings is 2. The average Bonchev–Trinajstić information content (AvgIpc) is 3.18. The Morgan fingerprint density at radius 3 is 2.61 bits per heavy atom. The molecule has 5 nitrogen and oxygen atoms in total. The molecule has 0 bridgehead atoms. The van der Waals surface area contributed by atoms with Crippen molar-refractivity contribution in [2.24, 2.45) is 5.92 Å². The minimum atomic E-state index is -0.550. The van der Waals surface area contributed by atoms with Gasteiger partial charge >= 0.3 is 0 Å². The van der Waals surface area contributed by atoms with Gasteiger partial charge in [-0.05, 0) is 36.8 Å². The number of methoxy groups -OCH3 is 1. The van der Waals surface area contributed by atoms with Crippen LogP contribution in [0.3, 0.4) is 0 Å². The maximum absolute atomic E-state index is 14.1. The Bertz CT molecular complexity index is 870. The van der Waals surface area contributed by atoms with E-state index in [1.54, 1.807) is 36.1 Å². The van der Waals surface area contributed by atoms with E-state index in [1.165, 1.54) is 12.1 Å². The van der Waals surface area contributed by atoms with Crippen molar-refractivity contribution >= 4 is 11.8 Å². The summed E-state index contributed by atoms with van der Waals surface area (Å²) in [7, 11) is 3.35. The molecule has 148 valence electrons. The normalized spacial score (nSPS) is 18.8. The molecule has 0 aromatic heterocycles. The molecule has 0 aliphatic carbocycles. The van der Waals surface area contributed by atoms with Gasteiger partial charge in [0.05, 0.1) is 18.6 Å². The third-order valence-electron chi connectivity index (χ3n) is 5.40.